The van der Waals surface area contributed by atoms with Gasteiger partial charge in [-0.1, -0.05) is 24.3 Å². The van der Waals surface area contributed by atoms with Crippen LogP contribution in [0.3, 0.4) is 0 Å². The third kappa shape index (κ3) is 4.18. The molecule has 2 fully saturated rings. The molecular formula is C24H20F5N3O4S. The molecule has 1 saturated heterocycles. The van der Waals surface area contributed by atoms with Gasteiger partial charge in [0, 0.05) is 28.8 Å². The lowest BCUT2D eigenvalue weighted by molar-refractivity contribution is -0.160. The summed E-state index contributed by atoms with van der Waals surface area (Å²) in [6.45, 7) is -0.270. The number of nitrogens with one attached hydrogen (secondary N) is 2. The molecule has 2 aromatic rings. The number of halogens is 5. The Labute approximate surface area is 211 Å². The molecule has 2 aliphatic heterocycles. The zero-order chi connectivity index (χ0) is 26.8. The summed E-state index contributed by atoms with van der Waals surface area (Å²) in [4.78, 5) is 50.5. The van der Waals surface area contributed by atoms with Crippen LogP contribution in [0.4, 0.5) is 22.0 Å². The van der Waals surface area contributed by atoms with Crippen LogP contribution in [-0.4, -0.2) is 40.7 Å². The van der Waals surface area contributed by atoms with Crippen LogP contribution in [0.1, 0.15) is 57.6 Å². The second-order valence-corrected chi connectivity index (χ2v) is 10.3. The highest BCUT2D eigenvalue weighted by atomic mass is 32.1. The van der Waals surface area contributed by atoms with Gasteiger partial charge in [-0.05, 0) is 30.4 Å². The van der Waals surface area contributed by atoms with Gasteiger partial charge in [0.15, 0.2) is 0 Å². The van der Waals surface area contributed by atoms with Gasteiger partial charge >= 0.3 is 12.1 Å². The van der Waals surface area contributed by atoms with Gasteiger partial charge in [0.25, 0.3) is 11.8 Å². The topological polar surface area (TPSA) is 95.6 Å². The Morgan fingerprint density at radius 1 is 1.11 bits per heavy atom. The van der Waals surface area contributed by atoms with Crippen LogP contribution in [0.5, 0.6) is 0 Å². The Bertz CT molecular complexity index is 1300. The van der Waals surface area contributed by atoms with Gasteiger partial charge in [-0.15, -0.1) is 11.3 Å². The molecule has 2 N–H and O–H groups in total. The maximum absolute atomic E-state index is 14.8. The molecule has 0 radical (unpaired) electrons. The van der Waals surface area contributed by atoms with Gasteiger partial charge < -0.3 is 10.2 Å². The van der Waals surface area contributed by atoms with Crippen molar-refractivity contribution in [1.82, 2.24) is 15.5 Å². The van der Waals surface area contributed by atoms with Crippen LogP contribution in [0.25, 0.3) is 0 Å². The minimum Gasteiger partial charge on any atom is -0.346 e. The lowest BCUT2D eigenvalue weighted by Gasteiger charge is -2.29. The summed E-state index contributed by atoms with van der Waals surface area (Å²) in [6, 6.07) is 2.81. The van der Waals surface area contributed by atoms with Crippen LogP contribution in [0.2, 0.25) is 0 Å². The highest BCUT2D eigenvalue weighted by Gasteiger charge is 2.64. The molecule has 3 heterocycles. The molecule has 0 bridgehead atoms. The monoisotopic (exact) mass is 541 g/mol. The van der Waals surface area contributed by atoms with E-state index in [4.69, 9.17) is 0 Å². The molecule has 196 valence electrons. The smallest absolute Gasteiger partial charge is 0.346 e. The molecule has 1 aromatic heterocycles. The summed E-state index contributed by atoms with van der Waals surface area (Å²) in [7, 11) is 0. The van der Waals surface area contributed by atoms with E-state index in [0.29, 0.717) is 16.0 Å². The first-order valence-electron chi connectivity index (χ1n) is 11.4. The molecule has 13 heteroatoms. The third-order valence-corrected chi connectivity index (χ3v) is 8.20. The van der Waals surface area contributed by atoms with E-state index in [-0.39, 0.29) is 44.3 Å². The van der Waals surface area contributed by atoms with Crippen molar-refractivity contribution < 1.29 is 41.1 Å². The molecule has 1 atom stereocenters. The summed E-state index contributed by atoms with van der Waals surface area (Å²) in [6.07, 6.45) is -4.44. The van der Waals surface area contributed by atoms with E-state index in [2.05, 4.69) is 10.6 Å². The number of hydrogen-bond acceptors (Lipinski definition) is 5. The average Bonchev–Trinajstić information content (AvgIpc) is 3.49. The molecule has 1 saturated carbocycles. The zero-order valence-corrected chi connectivity index (χ0v) is 19.9. The summed E-state index contributed by atoms with van der Waals surface area (Å²) in [5.41, 5.74) is -2.04. The van der Waals surface area contributed by atoms with E-state index in [9.17, 15) is 41.1 Å². The lowest BCUT2D eigenvalue weighted by atomic mass is 9.93. The van der Waals surface area contributed by atoms with Crippen molar-refractivity contribution in [2.24, 2.45) is 0 Å². The van der Waals surface area contributed by atoms with Gasteiger partial charge in [0.1, 0.15) is 6.04 Å². The quantitative estimate of drug-likeness (QED) is 0.432. The third-order valence-electron chi connectivity index (χ3n) is 7.17. The normalized spacial score (nSPS) is 21.1. The molecule has 5 rings (SSSR count). The van der Waals surface area contributed by atoms with Crippen LogP contribution in [-0.2, 0) is 38.8 Å². The van der Waals surface area contributed by atoms with E-state index < -0.39 is 52.7 Å². The number of piperidine rings is 1. The van der Waals surface area contributed by atoms with Crippen molar-refractivity contribution in [1.29, 1.82) is 0 Å². The summed E-state index contributed by atoms with van der Waals surface area (Å²) in [5, 5.41) is 5.86. The maximum atomic E-state index is 14.8. The Balaban J connectivity index is 1.25. The minimum absolute atomic E-state index is 0.0357. The van der Waals surface area contributed by atoms with E-state index in [1.807, 2.05) is 0 Å². The highest BCUT2D eigenvalue weighted by molar-refractivity contribution is 7.10. The maximum Gasteiger partial charge on any atom is 0.398 e. The summed E-state index contributed by atoms with van der Waals surface area (Å²) in [5.74, 6) is -7.06. The predicted molar refractivity (Wildman–Crippen MR) is 120 cm³/mol. The van der Waals surface area contributed by atoms with E-state index >= 15 is 0 Å². The summed E-state index contributed by atoms with van der Waals surface area (Å²) >= 11 is 1.10. The SMILES string of the molecule is O=C1CCC(N2Cc3c(csc3CNC(=O)C(F)(F)c3ccc(C4(C(F)(F)F)CC4)cc3)C2=O)C(=O)N1. The number of carbonyl (C=O) groups excluding carboxylic acids is 4. The molecule has 7 nitrogen and oxygen atoms in total. The number of imide groups is 1. The fraction of sp³-hybridized carbons (Fsp3) is 0.417. The number of hydrogen-bond donors (Lipinski definition) is 2. The second-order valence-electron chi connectivity index (χ2n) is 9.37. The predicted octanol–water partition coefficient (Wildman–Crippen LogP) is 3.51. The number of fused-ring (bicyclic) bond motifs is 1. The number of benzene rings is 1. The first-order chi connectivity index (χ1) is 17.3. The lowest BCUT2D eigenvalue weighted by Crippen LogP contribution is -2.52. The molecule has 0 spiro atoms. The number of thiophene rings is 1. The van der Waals surface area contributed by atoms with Crippen molar-refractivity contribution in [2.45, 2.75) is 62.3 Å². The van der Waals surface area contributed by atoms with Gasteiger partial charge in [-0.25, -0.2) is 0 Å². The van der Waals surface area contributed by atoms with Crippen LogP contribution in [0.15, 0.2) is 29.6 Å². The van der Waals surface area contributed by atoms with Gasteiger partial charge in [-0.2, -0.15) is 22.0 Å². The van der Waals surface area contributed by atoms with Crippen molar-refractivity contribution in [3.8, 4) is 0 Å². The number of rotatable bonds is 6. The first kappa shape index (κ1) is 25.3. The van der Waals surface area contributed by atoms with E-state index in [1.54, 1.807) is 0 Å². The molecule has 1 aliphatic carbocycles. The van der Waals surface area contributed by atoms with Gasteiger partial charge in [0.05, 0.1) is 17.5 Å². The molecule has 4 amide bonds. The van der Waals surface area contributed by atoms with E-state index in [1.165, 1.54) is 10.3 Å². The Kier molecular flexibility index (Phi) is 5.89. The van der Waals surface area contributed by atoms with Crippen molar-refractivity contribution in [3.05, 3.63) is 56.8 Å². The molecule has 37 heavy (non-hydrogen) atoms. The fourth-order valence-electron chi connectivity index (χ4n) is 4.81. The molecule has 3 aliphatic rings. The highest BCUT2D eigenvalue weighted by Crippen LogP contribution is 2.59. The molecular weight excluding hydrogens is 521 g/mol. The average molecular weight is 541 g/mol. The Morgan fingerprint density at radius 3 is 2.38 bits per heavy atom. The number of nitrogens with zero attached hydrogens (tertiary/aromatic N) is 1. The Morgan fingerprint density at radius 2 is 1.78 bits per heavy atom. The van der Waals surface area contributed by atoms with Crippen LogP contribution in [0, 0.1) is 0 Å². The second kappa shape index (κ2) is 8.61. The van der Waals surface area contributed by atoms with Crippen molar-refractivity contribution in [3.63, 3.8) is 0 Å². The first-order valence-corrected chi connectivity index (χ1v) is 12.3. The van der Waals surface area contributed by atoms with Gasteiger partial charge in [-0.3, -0.25) is 24.5 Å². The molecule has 1 aromatic carbocycles. The molecule has 1 unspecified atom stereocenters. The largest absolute Gasteiger partial charge is 0.398 e. The summed E-state index contributed by atoms with van der Waals surface area (Å²) < 4.78 is 69.5. The zero-order valence-electron chi connectivity index (χ0n) is 19.1. The number of amides is 4. The van der Waals surface area contributed by atoms with E-state index in [0.717, 1.165) is 35.6 Å². The minimum atomic E-state index is -4.48. The number of alkyl halides is 5. The van der Waals surface area contributed by atoms with Gasteiger partial charge in [0.2, 0.25) is 11.8 Å². The van der Waals surface area contributed by atoms with Crippen molar-refractivity contribution in [2.75, 3.05) is 0 Å². The number of carbonyl (C=O) groups is 4. The fourth-order valence-corrected chi connectivity index (χ4v) is 5.79. The van der Waals surface area contributed by atoms with Crippen LogP contribution >= 0.6 is 11.3 Å². The standard InChI is InChI=1S/C24H20F5N3O4S/c25-23(26,13-3-1-12(2-4-13)22(7-8-22)24(27,28)29)21(36)30-9-17-14-10-32(20(35)15(14)11-37-17)16-5-6-18(33)31-19(16)34/h1-4,11,16H,5-10H2,(H,30,36)(H,31,33,34). The van der Waals surface area contributed by atoms with Crippen LogP contribution < -0.4 is 10.6 Å². The Hall–Kier alpha value is -3.35. The van der Waals surface area contributed by atoms with Crippen molar-refractivity contribution >= 4 is 35.0 Å².